The van der Waals surface area contributed by atoms with Crippen LogP contribution in [0.25, 0.3) is 0 Å². The van der Waals surface area contributed by atoms with Crippen LogP contribution in [0.2, 0.25) is 0 Å². The summed E-state index contributed by atoms with van der Waals surface area (Å²) in [6.45, 7) is 5.67. The second-order valence-corrected chi connectivity index (χ2v) is 4.55. The Morgan fingerprint density at radius 3 is 2.28 bits per heavy atom. The summed E-state index contributed by atoms with van der Waals surface area (Å²) in [6.07, 6.45) is -4.47. The molecule has 0 radical (unpaired) electrons. The Hall–Kier alpha value is -1.70. The van der Waals surface area contributed by atoms with Gasteiger partial charge in [-0.1, -0.05) is 13.8 Å². The van der Waals surface area contributed by atoms with Crippen molar-refractivity contribution in [1.29, 1.82) is 5.26 Å². The van der Waals surface area contributed by atoms with Crippen molar-refractivity contribution in [3.63, 3.8) is 0 Å². The van der Waals surface area contributed by atoms with Gasteiger partial charge in [-0.3, -0.25) is 0 Å². The smallest absolute Gasteiger partial charge is 0.382 e. The fraction of sp³-hybridized carbons (Fsp3) is 0.462. The van der Waals surface area contributed by atoms with E-state index in [1.807, 2.05) is 20.8 Å². The predicted molar refractivity (Wildman–Crippen MR) is 64.1 cm³/mol. The summed E-state index contributed by atoms with van der Waals surface area (Å²) in [7, 11) is 0. The molecule has 0 fully saturated rings. The van der Waals surface area contributed by atoms with Gasteiger partial charge >= 0.3 is 6.18 Å². The number of anilines is 1. The molecule has 0 bridgehead atoms. The quantitative estimate of drug-likeness (QED) is 0.886. The first-order chi connectivity index (χ1) is 8.25. The van der Waals surface area contributed by atoms with E-state index in [1.54, 1.807) is 6.07 Å². The van der Waals surface area contributed by atoms with Gasteiger partial charge in [-0.2, -0.15) is 18.4 Å². The molecular formula is C13H15F3N2. The molecule has 1 aromatic rings. The Morgan fingerprint density at radius 1 is 1.22 bits per heavy atom. The monoisotopic (exact) mass is 256 g/mol. The molecule has 0 aliphatic rings. The van der Waals surface area contributed by atoms with Crippen LogP contribution in [-0.4, -0.2) is 6.04 Å². The molecule has 1 rings (SSSR count). The second-order valence-electron chi connectivity index (χ2n) is 4.55. The van der Waals surface area contributed by atoms with Gasteiger partial charge in [-0.25, -0.2) is 0 Å². The zero-order valence-electron chi connectivity index (χ0n) is 10.5. The number of hydrogen-bond donors (Lipinski definition) is 1. The SMILES string of the molecule is CC(C)C(C)Nc1ccc(C#N)cc1C(F)(F)F. The van der Waals surface area contributed by atoms with Crippen molar-refractivity contribution in [2.24, 2.45) is 5.92 Å². The van der Waals surface area contributed by atoms with Crippen LogP contribution in [0.4, 0.5) is 18.9 Å². The Kier molecular flexibility index (Phi) is 4.23. The number of alkyl halides is 3. The van der Waals surface area contributed by atoms with E-state index in [0.717, 1.165) is 6.07 Å². The van der Waals surface area contributed by atoms with E-state index in [-0.39, 0.29) is 23.2 Å². The molecule has 0 saturated heterocycles. The maximum Gasteiger partial charge on any atom is 0.418 e. The first-order valence-corrected chi connectivity index (χ1v) is 5.63. The second kappa shape index (κ2) is 5.30. The van der Waals surface area contributed by atoms with Crippen molar-refractivity contribution in [2.75, 3.05) is 5.32 Å². The lowest BCUT2D eigenvalue weighted by Gasteiger charge is -2.22. The van der Waals surface area contributed by atoms with Crippen LogP contribution < -0.4 is 5.32 Å². The summed E-state index contributed by atoms with van der Waals surface area (Å²) >= 11 is 0. The van der Waals surface area contributed by atoms with Crippen LogP contribution in [0.15, 0.2) is 18.2 Å². The van der Waals surface area contributed by atoms with Crippen LogP contribution in [-0.2, 0) is 6.18 Å². The molecule has 1 unspecified atom stereocenters. The summed E-state index contributed by atoms with van der Waals surface area (Å²) in [4.78, 5) is 0. The number of halogens is 3. The molecule has 1 atom stereocenters. The Morgan fingerprint density at radius 2 is 1.83 bits per heavy atom. The van der Waals surface area contributed by atoms with Crippen molar-refractivity contribution in [3.8, 4) is 6.07 Å². The largest absolute Gasteiger partial charge is 0.418 e. The Labute approximate surface area is 104 Å². The van der Waals surface area contributed by atoms with E-state index in [1.165, 1.54) is 12.1 Å². The van der Waals surface area contributed by atoms with Crippen molar-refractivity contribution in [1.82, 2.24) is 0 Å². The number of nitrogens with one attached hydrogen (secondary N) is 1. The molecule has 1 aromatic carbocycles. The Balaban J connectivity index is 3.16. The molecule has 0 spiro atoms. The van der Waals surface area contributed by atoms with Crippen molar-refractivity contribution < 1.29 is 13.2 Å². The summed E-state index contributed by atoms with van der Waals surface area (Å²) < 4.78 is 38.6. The minimum Gasteiger partial charge on any atom is -0.382 e. The van der Waals surface area contributed by atoms with Crippen LogP contribution in [0.5, 0.6) is 0 Å². The Bertz CT molecular complexity index is 458. The minimum atomic E-state index is -4.47. The number of nitrogens with zero attached hydrogens (tertiary/aromatic N) is 1. The lowest BCUT2D eigenvalue weighted by Crippen LogP contribution is -2.23. The lowest BCUT2D eigenvalue weighted by molar-refractivity contribution is -0.137. The molecule has 0 aliphatic heterocycles. The average Bonchev–Trinajstić information content (AvgIpc) is 2.27. The van der Waals surface area contributed by atoms with Crippen LogP contribution in [0, 0.1) is 17.2 Å². The molecular weight excluding hydrogens is 241 g/mol. The number of rotatable bonds is 3. The van der Waals surface area contributed by atoms with Crippen molar-refractivity contribution in [2.45, 2.75) is 33.0 Å². The van der Waals surface area contributed by atoms with Gasteiger partial charge in [0.05, 0.1) is 17.2 Å². The zero-order chi connectivity index (χ0) is 13.9. The van der Waals surface area contributed by atoms with E-state index in [2.05, 4.69) is 5.32 Å². The van der Waals surface area contributed by atoms with E-state index in [0.29, 0.717) is 0 Å². The highest BCUT2D eigenvalue weighted by Gasteiger charge is 2.34. The molecule has 1 N–H and O–H groups in total. The van der Waals surface area contributed by atoms with Crippen LogP contribution in [0.3, 0.4) is 0 Å². The molecule has 98 valence electrons. The predicted octanol–water partition coefficient (Wildman–Crippen LogP) is 4.03. The van der Waals surface area contributed by atoms with Gasteiger partial charge in [0.1, 0.15) is 0 Å². The van der Waals surface area contributed by atoms with Gasteiger partial charge in [0.2, 0.25) is 0 Å². The van der Waals surface area contributed by atoms with Crippen LogP contribution in [0.1, 0.15) is 31.9 Å². The van der Waals surface area contributed by atoms with E-state index >= 15 is 0 Å². The zero-order valence-corrected chi connectivity index (χ0v) is 10.5. The molecule has 0 aliphatic carbocycles. The van der Waals surface area contributed by atoms with E-state index in [9.17, 15) is 13.2 Å². The van der Waals surface area contributed by atoms with Gasteiger partial charge in [0.15, 0.2) is 0 Å². The number of hydrogen-bond acceptors (Lipinski definition) is 2. The summed E-state index contributed by atoms with van der Waals surface area (Å²) in [5.74, 6) is 0.210. The average molecular weight is 256 g/mol. The summed E-state index contributed by atoms with van der Waals surface area (Å²) in [6, 6.07) is 5.19. The third-order valence-electron chi connectivity index (χ3n) is 2.84. The van der Waals surface area contributed by atoms with E-state index in [4.69, 9.17) is 5.26 Å². The lowest BCUT2D eigenvalue weighted by atomic mass is 10.0. The van der Waals surface area contributed by atoms with Crippen LogP contribution >= 0.6 is 0 Å². The van der Waals surface area contributed by atoms with Gasteiger partial charge < -0.3 is 5.32 Å². The standard InChI is InChI=1S/C13H15F3N2/c1-8(2)9(3)18-12-5-4-10(7-17)6-11(12)13(14,15)16/h4-6,8-9,18H,1-3H3. The molecule has 5 heteroatoms. The van der Waals surface area contributed by atoms with Crippen molar-refractivity contribution in [3.05, 3.63) is 29.3 Å². The molecule has 2 nitrogen and oxygen atoms in total. The third-order valence-corrected chi connectivity index (χ3v) is 2.84. The van der Waals surface area contributed by atoms with Gasteiger partial charge in [-0.05, 0) is 31.0 Å². The summed E-state index contributed by atoms with van der Waals surface area (Å²) in [5.41, 5.74) is -0.776. The topological polar surface area (TPSA) is 35.8 Å². The van der Waals surface area contributed by atoms with Gasteiger partial charge in [0, 0.05) is 11.7 Å². The summed E-state index contributed by atoms with van der Waals surface area (Å²) in [5, 5.41) is 11.5. The highest BCUT2D eigenvalue weighted by molar-refractivity contribution is 5.56. The van der Waals surface area contributed by atoms with Gasteiger partial charge in [0.25, 0.3) is 0 Å². The first kappa shape index (κ1) is 14.4. The highest BCUT2D eigenvalue weighted by Crippen LogP contribution is 2.36. The fourth-order valence-electron chi connectivity index (χ4n) is 1.39. The first-order valence-electron chi connectivity index (χ1n) is 5.63. The number of nitriles is 1. The third kappa shape index (κ3) is 3.39. The minimum absolute atomic E-state index is 0.00470. The molecule has 0 aromatic heterocycles. The molecule has 18 heavy (non-hydrogen) atoms. The van der Waals surface area contributed by atoms with Crippen molar-refractivity contribution >= 4 is 5.69 Å². The number of benzene rings is 1. The fourth-order valence-corrected chi connectivity index (χ4v) is 1.39. The molecule has 0 saturated carbocycles. The van der Waals surface area contributed by atoms with E-state index < -0.39 is 11.7 Å². The molecule has 0 amide bonds. The maximum absolute atomic E-state index is 12.9. The maximum atomic E-state index is 12.9. The van der Waals surface area contributed by atoms with Gasteiger partial charge in [-0.15, -0.1) is 0 Å². The normalized spacial score (nSPS) is 13.2. The molecule has 0 heterocycles. The highest BCUT2D eigenvalue weighted by atomic mass is 19.4.